The Kier molecular flexibility index (Phi) is 5.90. The lowest BCUT2D eigenvalue weighted by Crippen LogP contribution is -2.30. The predicted molar refractivity (Wildman–Crippen MR) is 134 cm³/mol. The van der Waals surface area contributed by atoms with Gasteiger partial charge in [0.15, 0.2) is 46.1 Å². The molecule has 0 bridgehead atoms. The Labute approximate surface area is 216 Å². The van der Waals surface area contributed by atoms with Gasteiger partial charge in [-0.2, -0.15) is 0 Å². The first kappa shape index (κ1) is 26.5. The van der Waals surface area contributed by atoms with E-state index < -0.39 is 91.7 Å². The average molecular weight is 523 g/mol. The Hall–Kier alpha value is -4.60. The van der Waals surface area contributed by atoms with Crippen LogP contribution in [0, 0.1) is 0 Å². The predicted octanol–water partition coefficient (Wildman–Crippen LogP) is 4.26. The molecule has 0 aromatic heterocycles. The topological polar surface area (TPSA) is 190 Å². The lowest BCUT2D eigenvalue weighted by molar-refractivity contribution is 0.0948. The Bertz CT molecular complexity index is 1480. The van der Waals surface area contributed by atoms with Crippen molar-refractivity contribution in [2.45, 2.75) is 53.4 Å². The number of Topliss-reactive ketones (excluding diaryl/α,β-unsaturated/α-hetero) is 4. The number of rotatable bonds is 3. The van der Waals surface area contributed by atoms with Gasteiger partial charge in [-0.25, -0.2) is 0 Å². The molecule has 0 heterocycles. The number of ketones is 4. The fraction of sp³-hybridized carbons (Fsp3) is 0.286. The van der Waals surface area contributed by atoms with Crippen LogP contribution in [0.15, 0.2) is 22.3 Å². The van der Waals surface area contributed by atoms with Gasteiger partial charge in [0.05, 0.1) is 11.1 Å². The average Bonchev–Trinajstić information content (AvgIpc) is 2.84. The van der Waals surface area contributed by atoms with E-state index >= 15 is 0 Å². The molecule has 0 atom stereocenters. The number of fused-ring (bicyclic) bond motifs is 2. The smallest absolute Gasteiger partial charge is 0.201 e. The molecule has 2 aromatic carbocycles. The molecule has 0 spiro atoms. The SMILES string of the molecule is CC1=C(C2=C(C)C(=O)c3c(c(O)c(O)c(O)c3C(C)C)C2=O)C(=O)c2c(O)c(O)c(O)c(C(C)C)c2C1=O. The Morgan fingerprint density at radius 3 is 0.974 bits per heavy atom. The monoisotopic (exact) mass is 522 g/mol. The molecule has 0 aliphatic heterocycles. The zero-order valence-electron chi connectivity index (χ0n) is 21.5. The first-order valence-corrected chi connectivity index (χ1v) is 11.8. The lowest BCUT2D eigenvalue weighted by Gasteiger charge is -2.29. The van der Waals surface area contributed by atoms with E-state index in [4.69, 9.17) is 0 Å². The van der Waals surface area contributed by atoms with Crippen LogP contribution < -0.4 is 0 Å². The molecule has 0 radical (unpaired) electrons. The van der Waals surface area contributed by atoms with Crippen molar-refractivity contribution < 1.29 is 49.8 Å². The van der Waals surface area contributed by atoms with Crippen molar-refractivity contribution in [1.29, 1.82) is 0 Å². The summed E-state index contributed by atoms with van der Waals surface area (Å²) in [6.45, 7) is 8.88. The van der Waals surface area contributed by atoms with Crippen LogP contribution in [0.4, 0.5) is 0 Å². The second-order valence-corrected chi connectivity index (χ2v) is 10.0. The first-order valence-electron chi connectivity index (χ1n) is 11.8. The van der Waals surface area contributed by atoms with Crippen LogP contribution in [0.3, 0.4) is 0 Å². The Morgan fingerprint density at radius 2 is 0.711 bits per heavy atom. The lowest BCUT2D eigenvalue weighted by atomic mass is 9.71. The number of hydrogen-bond acceptors (Lipinski definition) is 10. The molecule has 2 aliphatic rings. The molecule has 0 fully saturated rings. The Morgan fingerprint density at radius 1 is 0.421 bits per heavy atom. The molecular weight excluding hydrogens is 496 g/mol. The third-order valence-electron chi connectivity index (χ3n) is 7.12. The molecule has 198 valence electrons. The van der Waals surface area contributed by atoms with Crippen LogP contribution in [-0.4, -0.2) is 53.8 Å². The van der Waals surface area contributed by atoms with Crippen LogP contribution in [0.1, 0.15) is 106 Å². The van der Waals surface area contributed by atoms with E-state index in [1.54, 1.807) is 27.7 Å². The maximum atomic E-state index is 13.8. The summed E-state index contributed by atoms with van der Waals surface area (Å²) in [7, 11) is 0. The van der Waals surface area contributed by atoms with Gasteiger partial charge in [-0.3, -0.25) is 19.2 Å². The van der Waals surface area contributed by atoms with Gasteiger partial charge in [0.1, 0.15) is 0 Å². The van der Waals surface area contributed by atoms with E-state index in [0.29, 0.717) is 0 Å². The summed E-state index contributed by atoms with van der Waals surface area (Å²) >= 11 is 0. The van der Waals surface area contributed by atoms with Gasteiger partial charge >= 0.3 is 0 Å². The highest BCUT2D eigenvalue weighted by Crippen LogP contribution is 2.52. The molecule has 4 rings (SSSR count). The number of phenols is 6. The van der Waals surface area contributed by atoms with Crippen molar-refractivity contribution in [3.63, 3.8) is 0 Å². The van der Waals surface area contributed by atoms with Crippen molar-refractivity contribution in [1.82, 2.24) is 0 Å². The summed E-state index contributed by atoms with van der Waals surface area (Å²) in [5, 5.41) is 62.7. The second kappa shape index (κ2) is 8.47. The maximum Gasteiger partial charge on any atom is 0.201 e. The highest BCUT2D eigenvalue weighted by atomic mass is 16.3. The molecule has 10 heteroatoms. The maximum absolute atomic E-state index is 13.8. The van der Waals surface area contributed by atoms with E-state index in [2.05, 4.69) is 0 Å². The van der Waals surface area contributed by atoms with Gasteiger partial charge in [0.2, 0.25) is 11.5 Å². The van der Waals surface area contributed by atoms with E-state index in [-0.39, 0.29) is 33.4 Å². The molecular formula is C28H26O10. The fourth-order valence-electron chi connectivity index (χ4n) is 5.29. The quantitative estimate of drug-likeness (QED) is 0.318. The van der Waals surface area contributed by atoms with Crippen molar-refractivity contribution in [3.8, 4) is 34.5 Å². The summed E-state index contributed by atoms with van der Waals surface area (Å²) < 4.78 is 0. The minimum atomic E-state index is -1.06. The minimum Gasteiger partial charge on any atom is -0.504 e. The van der Waals surface area contributed by atoms with Crippen LogP contribution in [-0.2, 0) is 0 Å². The third kappa shape index (κ3) is 3.19. The zero-order valence-corrected chi connectivity index (χ0v) is 21.5. The standard InChI is InChI=1S/C28H26O10/c1-7(2)11-15-17(25(35)27(37)23(11)33)21(31)13(9(5)19(15)29)14-10(6)20(30)16-12(8(3)4)24(34)28(38)26(36)18(16)22(14)32/h7-8,33-38H,1-6H3. The first-order chi connectivity index (χ1) is 17.6. The highest BCUT2D eigenvalue weighted by molar-refractivity contribution is 6.38. The van der Waals surface area contributed by atoms with Crippen LogP contribution >= 0.6 is 0 Å². The van der Waals surface area contributed by atoms with Crippen LogP contribution in [0.5, 0.6) is 34.5 Å². The summed E-state index contributed by atoms with van der Waals surface area (Å²) in [5.41, 5.74) is -3.68. The number of benzene rings is 2. The second-order valence-electron chi connectivity index (χ2n) is 10.0. The van der Waals surface area contributed by atoms with Crippen molar-refractivity contribution >= 4 is 23.1 Å². The fourth-order valence-corrected chi connectivity index (χ4v) is 5.29. The van der Waals surface area contributed by atoms with E-state index in [9.17, 15) is 49.8 Å². The summed E-state index contributed by atoms with van der Waals surface area (Å²) in [6, 6.07) is 0. The van der Waals surface area contributed by atoms with E-state index in [1.165, 1.54) is 13.8 Å². The molecule has 0 amide bonds. The summed E-state index contributed by atoms with van der Waals surface area (Å²) in [4.78, 5) is 54.7. The van der Waals surface area contributed by atoms with Gasteiger partial charge in [-0.1, -0.05) is 27.7 Å². The molecule has 2 aromatic rings. The Balaban J connectivity index is 2.09. The van der Waals surface area contributed by atoms with Gasteiger partial charge in [0, 0.05) is 44.5 Å². The van der Waals surface area contributed by atoms with E-state index in [1.807, 2.05) is 0 Å². The van der Waals surface area contributed by atoms with Crippen LogP contribution in [0.2, 0.25) is 0 Å². The number of aromatic hydroxyl groups is 6. The van der Waals surface area contributed by atoms with Gasteiger partial charge in [0.25, 0.3) is 0 Å². The van der Waals surface area contributed by atoms with Crippen molar-refractivity contribution in [3.05, 3.63) is 55.7 Å². The molecule has 38 heavy (non-hydrogen) atoms. The molecule has 6 N–H and O–H groups in total. The molecule has 0 saturated heterocycles. The molecule has 2 aliphatic carbocycles. The number of phenolic OH excluding ortho intramolecular Hbond substituents is 6. The molecule has 0 unspecified atom stereocenters. The number of allylic oxidation sites excluding steroid dienone is 4. The number of hydrogen-bond donors (Lipinski definition) is 6. The van der Waals surface area contributed by atoms with E-state index in [0.717, 1.165) is 0 Å². The van der Waals surface area contributed by atoms with Crippen LogP contribution in [0.25, 0.3) is 0 Å². The molecule has 10 nitrogen and oxygen atoms in total. The molecule has 0 saturated carbocycles. The largest absolute Gasteiger partial charge is 0.504 e. The number of carbonyl (C=O) groups is 4. The highest BCUT2D eigenvalue weighted by Gasteiger charge is 2.45. The summed E-state index contributed by atoms with van der Waals surface area (Å²) in [6.07, 6.45) is 0. The van der Waals surface area contributed by atoms with Gasteiger partial charge in [-0.15, -0.1) is 0 Å². The normalized spacial score (nSPS) is 15.7. The van der Waals surface area contributed by atoms with Gasteiger partial charge in [-0.05, 0) is 25.7 Å². The van der Waals surface area contributed by atoms with Crippen molar-refractivity contribution in [2.24, 2.45) is 0 Å². The van der Waals surface area contributed by atoms with Crippen molar-refractivity contribution in [2.75, 3.05) is 0 Å². The minimum absolute atomic E-state index is 0.0752. The zero-order chi connectivity index (χ0) is 28.7. The van der Waals surface area contributed by atoms with Gasteiger partial charge < -0.3 is 30.6 Å². The third-order valence-corrected chi connectivity index (χ3v) is 7.12. The number of carbonyl (C=O) groups excluding carboxylic acids is 4. The summed E-state index contributed by atoms with van der Waals surface area (Å²) in [5.74, 6) is -10.6.